The lowest BCUT2D eigenvalue weighted by Crippen LogP contribution is -2.46. The zero-order valence-electron chi connectivity index (χ0n) is 9.17. The number of halogens is 1. The van der Waals surface area contributed by atoms with Crippen molar-refractivity contribution in [3.63, 3.8) is 0 Å². The van der Waals surface area contributed by atoms with Gasteiger partial charge in [0.1, 0.15) is 11.4 Å². The summed E-state index contributed by atoms with van der Waals surface area (Å²) in [7, 11) is 0. The highest BCUT2D eigenvalue weighted by Gasteiger charge is 2.31. The van der Waals surface area contributed by atoms with E-state index in [1.54, 1.807) is 18.2 Å². The van der Waals surface area contributed by atoms with Gasteiger partial charge in [-0.2, -0.15) is 0 Å². The van der Waals surface area contributed by atoms with Crippen LogP contribution in [0.4, 0.5) is 10.1 Å². The van der Waals surface area contributed by atoms with E-state index < -0.39 is 5.67 Å². The molecule has 1 heterocycles. The molecule has 0 amide bonds. The lowest BCUT2D eigenvalue weighted by atomic mass is 9.96. The van der Waals surface area contributed by atoms with Gasteiger partial charge < -0.3 is 15.7 Å². The molecule has 1 saturated heterocycles. The first-order chi connectivity index (χ1) is 7.68. The van der Waals surface area contributed by atoms with E-state index in [-0.39, 0.29) is 12.3 Å². The smallest absolute Gasteiger partial charge is 0.140 e. The van der Waals surface area contributed by atoms with Crippen LogP contribution in [0.2, 0.25) is 0 Å². The average molecular weight is 224 g/mol. The second kappa shape index (κ2) is 4.70. The standard InChI is InChI=1S/C12H17FN2O/c13-12(5-2-6-14-8-12)9-15-10-3-1-4-11(16)7-10/h1,3-4,7,14-16H,2,5-6,8-9H2. The Morgan fingerprint density at radius 3 is 3.06 bits per heavy atom. The van der Waals surface area contributed by atoms with Crippen LogP contribution in [-0.4, -0.2) is 30.4 Å². The zero-order chi connectivity index (χ0) is 11.4. The molecule has 1 aromatic carbocycles. The molecule has 0 aliphatic carbocycles. The second-order valence-corrected chi connectivity index (χ2v) is 4.34. The quantitative estimate of drug-likeness (QED) is 0.734. The third-order valence-electron chi connectivity index (χ3n) is 2.88. The summed E-state index contributed by atoms with van der Waals surface area (Å²) in [6, 6.07) is 6.75. The maximum Gasteiger partial charge on any atom is 0.140 e. The number of phenolic OH excluding ortho intramolecular Hbond substituents is 1. The van der Waals surface area contributed by atoms with Crippen molar-refractivity contribution in [2.75, 3.05) is 25.0 Å². The molecule has 0 saturated carbocycles. The molecule has 0 radical (unpaired) electrons. The minimum absolute atomic E-state index is 0.194. The van der Waals surface area contributed by atoms with Gasteiger partial charge in [-0.25, -0.2) is 4.39 Å². The Balaban J connectivity index is 1.91. The molecule has 3 N–H and O–H groups in total. The van der Waals surface area contributed by atoms with E-state index in [9.17, 15) is 9.50 Å². The molecular formula is C12H17FN2O. The normalized spacial score (nSPS) is 25.3. The van der Waals surface area contributed by atoms with E-state index in [0.717, 1.165) is 18.7 Å². The van der Waals surface area contributed by atoms with Gasteiger partial charge in [-0.05, 0) is 31.5 Å². The van der Waals surface area contributed by atoms with Crippen molar-refractivity contribution in [3.8, 4) is 5.75 Å². The number of nitrogens with one attached hydrogen (secondary N) is 2. The predicted octanol–water partition coefficient (Wildman–Crippen LogP) is 1.90. The minimum Gasteiger partial charge on any atom is -0.508 e. The highest BCUT2D eigenvalue weighted by molar-refractivity contribution is 5.47. The molecule has 1 unspecified atom stereocenters. The molecule has 1 aromatic rings. The number of alkyl halides is 1. The van der Waals surface area contributed by atoms with Crippen molar-refractivity contribution < 1.29 is 9.50 Å². The number of rotatable bonds is 3. The van der Waals surface area contributed by atoms with Gasteiger partial charge in [0.25, 0.3) is 0 Å². The van der Waals surface area contributed by atoms with Gasteiger partial charge in [0, 0.05) is 18.3 Å². The van der Waals surface area contributed by atoms with Crippen LogP contribution in [0.15, 0.2) is 24.3 Å². The van der Waals surface area contributed by atoms with Crippen molar-refractivity contribution in [2.45, 2.75) is 18.5 Å². The van der Waals surface area contributed by atoms with Crippen LogP contribution in [0.1, 0.15) is 12.8 Å². The van der Waals surface area contributed by atoms with Crippen LogP contribution < -0.4 is 10.6 Å². The summed E-state index contributed by atoms with van der Waals surface area (Å²) < 4.78 is 14.2. The number of aromatic hydroxyl groups is 1. The van der Waals surface area contributed by atoms with E-state index in [4.69, 9.17) is 0 Å². The van der Waals surface area contributed by atoms with E-state index in [1.165, 1.54) is 0 Å². The van der Waals surface area contributed by atoms with Crippen molar-refractivity contribution in [3.05, 3.63) is 24.3 Å². The number of anilines is 1. The van der Waals surface area contributed by atoms with Gasteiger partial charge in [-0.3, -0.25) is 0 Å². The molecule has 3 nitrogen and oxygen atoms in total. The van der Waals surface area contributed by atoms with Crippen LogP contribution in [0.5, 0.6) is 5.75 Å². The number of hydrogen-bond acceptors (Lipinski definition) is 3. The number of piperidine rings is 1. The Bertz CT molecular complexity index is 351. The van der Waals surface area contributed by atoms with Crippen molar-refractivity contribution in [2.24, 2.45) is 0 Å². The van der Waals surface area contributed by atoms with Crippen LogP contribution in [0.25, 0.3) is 0 Å². The fraction of sp³-hybridized carbons (Fsp3) is 0.500. The topological polar surface area (TPSA) is 44.3 Å². The fourth-order valence-corrected chi connectivity index (χ4v) is 1.96. The van der Waals surface area contributed by atoms with Crippen LogP contribution in [0, 0.1) is 0 Å². The predicted molar refractivity (Wildman–Crippen MR) is 62.5 cm³/mol. The molecule has 0 bridgehead atoms. The van der Waals surface area contributed by atoms with Gasteiger partial charge >= 0.3 is 0 Å². The Morgan fingerprint density at radius 2 is 2.38 bits per heavy atom. The Morgan fingerprint density at radius 1 is 1.50 bits per heavy atom. The highest BCUT2D eigenvalue weighted by atomic mass is 19.1. The van der Waals surface area contributed by atoms with Crippen LogP contribution >= 0.6 is 0 Å². The first-order valence-electron chi connectivity index (χ1n) is 5.61. The lowest BCUT2D eigenvalue weighted by molar-refractivity contribution is 0.137. The molecular weight excluding hydrogens is 207 g/mol. The molecule has 1 fully saturated rings. The summed E-state index contributed by atoms with van der Waals surface area (Å²) in [5.74, 6) is 0.194. The van der Waals surface area contributed by atoms with E-state index in [2.05, 4.69) is 10.6 Å². The highest BCUT2D eigenvalue weighted by Crippen LogP contribution is 2.22. The SMILES string of the molecule is Oc1cccc(NCC2(F)CCCNC2)c1. The summed E-state index contributed by atoms with van der Waals surface area (Å²) in [4.78, 5) is 0. The molecule has 1 atom stereocenters. The Kier molecular flexibility index (Phi) is 3.29. The molecule has 0 spiro atoms. The van der Waals surface area contributed by atoms with Gasteiger partial charge in [0.2, 0.25) is 0 Å². The first-order valence-corrected chi connectivity index (χ1v) is 5.61. The molecule has 16 heavy (non-hydrogen) atoms. The van der Waals surface area contributed by atoms with Crippen LogP contribution in [-0.2, 0) is 0 Å². The fourth-order valence-electron chi connectivity index (χ4n) is 1.96. The third kappa shape index (κ3) is 2.85. The third-order valence-corrected chi connectivity index (χ3v) is 2.88. The monoisotopic (exact) mass is 224 g/mol. The Labute approximate surface area is 94.7 Å². The van der Waals surface area contributed by atoms with E-state index in [1.807, 2.05) is 6.07 Å². The Hall–Kier alpha value is -1.29. The molecule has 88 valence electrons. The number of hydrogen-bond donors (Lipinski definition) is 3. The number of phenols is 1. The van der Waals surface area contributed by atoms with Gasteiger partial charge in [0.05, 0.1) is 6.54 Å². The zero-order valence-corrected chi connectivity index (χ0v) is 9.17. The largest absolute Gasteiger partial charge is 0.508 e. The maximum atomic E-state index is 14.2. The van der Waals surface area contributed by atoms with Crippen molar-refractivity contribution >= 4 is 5.69 Å². The van der Waals surface area contributed by atoms with Gasteiger partial charge in [-0.15, -0.1) is 0 Å². The second-order valence-electron chi connectivity index (χ2n) is 4.34. The average Bonchev–Trinajstić information content (AvgIpc) is 2.28. The molecule has 2 rings (SSSR count). The lowest BCUT2D eigenvalue weighted by Gasteiger charge is -2.30. The van der Waals surface area contributed by atoms with Crippen molar-refractivity contribution in [1.82, 2.24) is 5.32 Å². The maximum absolute atomic E-state index is 14.2. The van der Waals surface area contributed by atoms with Crippen molar-refractivity contribution in [1.29, 1.82) is 0 Å². The summed E-state index contributed by atoms with van der Waals surface area (Å²) in [5.41, 5.74) is -0.424. The first kappa shape index (κ1) is 11.2. The summed E-state index contributed by atoms with van der Waals surface area (Å²) >= 11 is 0. The molecule has 1 aliphatic heterocycles. The van der Waals surface area contributed by atoms with Gasteiger partial charge in [0.15, 0.2) is 0 Å². The summed E-state index contributed by atoms with van der Waals surface area (Å²) in [5, 5.41) is 15.3. The van der Waals surface area contributed by atoms with Crippen LogP contribution in [0.3, 0.4) is 0 Å². The summed E-state index contributed by atoms with van der Waals surface area (Å²) in [6.45, 7) is 1.58. The van der Waals surface area contributed by atoms with Gasteiger partial charge in [-0.1, -0.05) is 6.07 Å². The van der Waals surface area contributed by atoms with E-state index >= 15 is 0 Å². The minimum atomic E-state index is -1.18. The number of benzene rings is 1. The molecule has 0 aromatic heterocycles. The summed E-state index contributed by atoms with van der Waals surface area (Å²) in [6.07, 6.45) is 1.46. The van der Waals surface area contributed by atoms with E-state index in [0.29, 0.717) is 13.0 Å². The molecule has 4 heteroatoms. The molecule has 1 aliphatic rings.